The molecule has 16 heavy (non-hydrogen) atoms. The number of rotatable bonds is 2. The molecule has 0 spiro atoms. The quantitative estimate of drug-likeness (QED) is 0.815. The molecule has 0 aliphatic carbocycles. The SMILES string of the molecule is CC1(C)NS(=O)C(c2ccccc2)=C1CN. The fourth-order valence-corrected chi connectivity index (χ4v) is 3.56. The molecule has 0 bridgehead atoms. The summed E-state index contributed by atoms with van der Waals surface area (Å²) in [6.45, 7) is 4.43. The van der Waals surface area contributed by atoms with E-state index < -0.39 is 11.0 Å². The summed E-state index contributed by atoms with van der Waals surface area (Å²) in [4.78, 5) is 0.841. The van der Waals surface area contributed by atoms with E-state index >= 15 is 0 Å². The van der Waals surface area contributed by atoms with Gasteiger partial charge < -0.3 is 5.73 Å². The lowest BCUT2D eigenvalue weighted by molar-refractivity contribution is 0.556. The third-order valence-electron chi connectivity index (χ3n) is 2.80. The van der Waals surface area contributed by atoms with Crippen molar-refractivity contribution in [2.75, 3.05) is 6.54 Å². The van der Waals surface area contributed by atoms with Crippen LogP contribution in [0.5, 0.6) is 0 Å². The van der Waals surface area contributed by atoms with Crippen LogP contribution < -0.4 is 10.5 Å². The van der Waals surface area contributed by atoms with Crippen molar-refractivity contribution in [3.05, 3.63) is 41.5 Å². The smallest absolute Gasteiger partial charge is 0.126 e. The van der Waals surface area contributed by atoms with E-state index in [0.29, 0.717) is 6.54 Å². The Morgan fingerprint density at radius 2 is 1.94 bits per heavy atom. The Morgan fingerprint density at radius 3 is 2.50 bits per heavy atom. The van der Waals surface area contributed by atoms with E-state index in [0.717, 1.165) is 16.0 Å². The van der Waals surface area contributed by atoms with Crippen LogP contribution in [0.2, 0.25) is 0 Å². The van der Waals surface area contributed by atoms with Gasteiger partial charge in [0.25, 0.3) is 0 Å². The van der Waals surface area contributed by atoms with Crippen molar-refractivity contribution in [3.63, 3.8) is 0 Å². The molecule has 1 unspecified atom stereocenters. The van der Waals surface area contributed by atoms with Crippen LogP contribution >= 0.6 is 0 Å². The predicted molar refractivity (Wildman–Crippen MR) is 67.8 cm³/mol. The minimum Gasteiger partial charge on any atom is -0.327 e. The molecule has 3 N–H and O–H groups in total. The Bertz CT molecular complexity index is 451. The zero-order chi connectivity index (χ0) is 11.8. The summed E-state index contributed by atoms with van der Waals surface area (Å²) in [7, 11) is -1.16. The standard InChI is InChI=1S/C12H16N2OS/c1-12(2)10(8-13)11(16(15)14-12)9-6-4-3-5-7-9/h3-7,14H,8,13H2,1-2H3. The van der Waals surface area contributed by atoms with Crippen LogP contribution in [0.1, 0.15) is 19.4 Å². The van der Waals surface area contributed by atoms with Gasteiger partial charge in [-0.15, -0.1) is 0 Å². The van der Waals surface area contributed by atoms with Gasteiger partial charge >= 0.3 is 0 Å². The number of nitrogens with two attached hydrogens (primary N) is 1. The molecule has 0 fully saturated rings. The lowest BCUT2D eigenvalue weighted by Gasteiger charge is -2.20. The maximum Gasteiger partial charge on any atom is 0.126 e. The molecule has 4 heteroatoms. The third kappa shape index (κ3) is 1.84. The van der Waals surface area contributed by atoms with Gasteiger partial charge in [0.2, 0.25) is 0 Å². The van der Waals surface area contributed by atoms with E-state index in [1.54, 1.807) is 0 Å². The van der Waals surface area contributed by atoms with Crippen molar-refractivity contribution in [1.82, 2.24) is 4.72 Å². The molecule has 0 amide bonds. The lowest BCUT2D eigenvalue weighted by Crippen LogP contribution is -2.38. The van der Waals surface area contributed by atoms with E-state index in [4.69, 9.17) is 5.73 Å². The zero-order valence-corrected chi connectivity index (χ0v) is 10.3. The maximum absolute atomic E-state index is 12.0. The first-order chi connectivity index (χ1) is 7.56. The minimum atomic E-state index is -1.16. The molecule has 86 valence electrons. The minimum absolute atomic E-state index is 0.287. The highest BCUT2D eigenvalue weighted by Gasteiger charge is 2.36. The van der Waals surface area contributed by atoms with E-state index in [-0.39, 0.29) is 5.54 Å². The van der Waals surface area contributed by atoms with Gasteiger partial charge in [0.1, 0.15) is 11.0 Å². The van der Waals surface area contributed by atoms with Crippen molar-refractivity contribution in [3.8, 4) is 0 Å². The van der Waals surface area contributed by atoms with Gasteiger partial charge in [0, 0.05) is 12.1 Å². The van der Waals surface area contributed by atoms with E-state index in [9.17, 15) is 4.21 Å². The van der Waals surface area contributed by atoms with Gasteiger partial charge in [-0.25, -0.2) is 8.93 Å². The zero-order valence-electron chi connectivity index (χ0n) is 9.49. The second kappa shape index (κ2) is 4.13. The summed E-state index contributed by atoms with van der Waals surface area (Å²) >= 11 is 0. The molecule has 0 radical (unpaired) electrons. The van der Waals surface area contributed by atoms with Crippen LogP contribution in [-0.4, -0.2) is 16.3 Å². The first kappa shape index (κ1) is 11.5. The fourth-order valence-electron chi connectivity index (χ4n) is 1.96. The molecular formula is C12H16N2OS. The largest absolute Gasteiger partial charge is 0.327 e. The van der Waals surface area contributed by atoms with Gasteiger partial charge in [-0.3, -0.25) is 0 Å². The Labute approximate surface area is 98.3 Å². The highest BCUT2D eigenvalue weighted by Crippen LogP contribution is 2.34. The summed E-state index contributed by atoms with van der Waals surface area (Å²) in [5, 5.41) is 0. The highest BCUT2D eigenvalue weighted by molar-refractivity contribution is 7.93. The van der Waals surface area contributed by atoms with Crippen LogP contribution in [0.4, 0.5) is 0 Å². The normalized spacial score (nSPS) is 23.8. The molecular weight excluding hydrogens is 220 g/mol. The first-order valence-electron chi connectivity index (χ1n) is 5.25. The molecule has 1 aliphatic rings. The molecule has 1 aliphatic heterocycles. The average molecular weight is 236 g/mol. The number of nitrogens with one attached hydrogen (secondary N) is 1. The second-order valence-corrected chi connectivity index (χ2v) is 5.52. The molecule has 0 saturated heterocycles. The molecule has 0 aromatic heterocycles. The Kier molecular flexibility index (Phi) is 2.97. The fraction of sp³-hybridized carbons (Fsp3) is 0.333. The second-order valence-electron chi connectivity index (χ2n) is 4.37. The Morgan fingerprint density at radius 1 is 1.31 bits per heavy atom. The van der Waals surface area contributed by atoms with Gasteiger partial charge in [-0.05, 0) is 25.0 Å². The van der Waals surface area contributed by atoms with Crippen molar-refractivity contribution < 1.29 is 4.21 Å². The van der Waals surface area contributed by atoms with E-state index in [1.807, 2.05) is 44.2 Å². The molecule has 2 rings (SSSR count). The summed E-state index contributed by atoms with van der Waals surface area (Å²) in [5.74, 6) is 0. The van der Waals surface area contributed by atoms with Gasteiger partial charge in [-0.2, -0.15) is 0 Å². The van der Waals surface area contributed by atoms with Gasteiger partial charge in [0.05, 0.1) is 4.91 Å². The van der Waals surface area contributed by atoms with Gasteiger partial charge in [0.15, 0.2) is 0 Å². The van der Waals surface area contributed by atoms with Crippen molar-refractivity contribution >= 4 is 15.9 Å². The molecule has 1 atom stereocenters. The monoisotopic (exact) mass is 236 g/mol. The first-order valence-corrected chi connectivity index (χ1v) is 6.40. The topological polar surface area (TPSA) is 55.1 Å². The molecule has 0 saturated carbocycles. The molecule has 1 aromatic rings. The average Bonchev–Trinajstić information content (AvgIpc) is 2.48. The predicted octanol–water partition coefficient (Wildman–Crippen LogP) is 1.40. The summed E-state index contributed by atoms with van der Waals surface area (Å²) in [5.41, 5.74) is 7.49. The van der Waals surface area contributed by atoms with Crippen molar-refractivity contribution in [1.29, 1.82) is 0 Å². The summed E-state index contributed by atoms with van der Waals surface area (Å²) in [6.07, 6.45) is 0. The highest BCUT2D eigenvalue weighted by atomic mass is 32.2. The van der Waals surface area contributed by atoms with Crippen LogP contribution in [0.25, 0.3) is 4.91 Å². The van der Waals surface area contributed by atoms with E-state index in [2.05, 4.69) is 4.72 Å². The molecule has 3 nitrogen and oxygen atoms in total. The summed E-state index contributed by atoms with van der Waals surface area (Å²) in [6, 6.07) is 9.76. The van der Waals surface area contributed by atoms with Crippen LogP contribution in [0.15, 0.2) is 35.9 Å². The van der Waals surface area contributed by atoms with Crippen LogP contribution in [0, 0.1) is 0 Å². The molecule has 1 aromatic carbocycles. The maximum atomic E-state index is 12.0. The van der Waals surface area contributed by atoms with Crippen molar-refractivity contribution in [2.45, 2.75) is 19.4 Å². The van der Waals surface area contributed by atoms with Crippen LogP contribution in [-0.2, 0) is 11.0 Å². The van der Waals surface area contributed by atoms with E-state index in [1.165, 1.54) is 0 Å². The number of benzene rings is 1. The van der Waals surface area contributed by atoms with Gasteiger partial charge in [-0.1, -0.05) is 30.3 Å². The Balaban J connectivity index is 2.57. The number of hydrogen-bond donors (Lipinski definition) is 2. The third-order valence-corrected chi connectivity index (χ3v) is 4.35. The van der Waals surface area contributed by atoms with Crippen LogP contribution in [0.3, 0.4) is 0 Å². The lowest BCUT2D eigenvalue weighted by atomic mass is 9.93. The van der Waals surface area contributed by atoms with Crippen molar-refractivity contribution in [2.24, 2.45) is 5.73 Å². The number of hydrogen-bond acceptors (Lipinski definition) is 2. The summed E-state index contributed by atoms with van der Waals surface area (Å²) < 4.78 is 15.1. The molecule has 1 heterocycles. The Hall–Kier alpha value is -0.970.